The fraction of sp³-hybridized carbons (Fsp3) is 0.231. The van der Waals surface area contributed by atoms with E-state index in [0.717, 1.165) is 18.7 Å². The van der Waals surface area contributed by atoms with Crippen molar-refractivity contribution >= 4 is 29.2 Å². The van der Waals surface area contributed by atoms with E-state index < -0.39 is 11.9 Å². The van der Waals surface area contributed by atoms with Crippen molar-refractivity contribution in [1.29, 1.82) is 0 Å². The molecule has 2 N–H and O–H groups in total. The third kappa shape index (κ3) is 4.54. The molecule has 5 nitrogen and oxygen atoms in total. The fourth-order valence-corrected chi connectivity index (χ4v) is 4.46. The Kier molecular flexibility index (Phi) is 6.31. The number of rotatable bonds is 5. The second-order valence-corrected chi connectivity index (χ2v) is 8.76. The van der Waals surface area contributed by atoms with Crippen LogP contribution in [0.2, 0.25) is 5.02 Å². The van der Waals surface area contributed by atoms with E-state index in [2.05, 4.69) is 53.7 Å². The van der Waals surface area contributed by atoms with Crippen molar-refractivity contribution in [2.75, 3.05) is 18.9 Å². The maximum atomic E-state index is 12.8. The van der Waals surface area contributed by atoms with Gasteiger partial charge in [-0.2, -0.15) is 0 Å². The van der Waals surface area contributed by atoms with Gasteiger partial charge in [0.05, 0.1) is 17.2 Å². The summed E-state index contributed by atoms with van der Waals surface area (Å²) in [5.41, 5.74) is 4.97. The Morgan fingerprint density at radius 3 is 2.53 bits per heavy atom. The van der Waals surface area contributed by atoms with E-state index in [1.807, 2.05) is 12.1 Å². The first-order chi connectivity index (χ1) is 15.3. The van der Waals surface area contributed by atoms with Gasteiger partial charge in [-0.1, -0.05) is 60.1 Å². The van der Waals surface area contributed by atoms with Gasteiger partial charge in [-0.3, -0.25) is 4.79 Å². The lowest BCUT2D eigenvalue weighted by Crippen LogP contribution is -2.30. The second-order valence-electron chi connectivity index (χ2n) is 8.32. The summed E-state index contributed by atoms with van der Waals surface area (Å²) in [6, 6.07) is 21.0. The van der Waals surface area contributed by atoms with Crippen LogP contribution in [0.4, 0.5) is 5.69 Å². The van der Waals surface area contributed by atoms with Crippen molar-refractivity contribution in [2.45, 2.75) is 25.3 Å². The van der Waals surface area contributed by atoms with E-state index in [1.54, 1.807) is 6.92 Å². The summed E-state index contributed by atoms with van der Waals surface area (Å²) < 4.78 is 0. The number of carbonyl (C=O) groups excluding carboxylic acids is 1. The minimum absolute atomic E-state index is 0.00498. The third-order valence-electron chi connectivity index (χ3n) is 6.07. The largest absolute Gasteiger partial charge is 0.478 e. The predicted octanol–water partition coefficient (Wildman–Crippen LogP) is 5.36. The molecule has 0 fully saturated rings. The van der Waals surface area contributed by atoms with Crippen molar-refractivity contribution in [3.63, 3.8) is 0 Å². The normalized spacial score (nSPS) is 16.8. The molecule has 0 spiro atoms. The molecule has 3 aromatic rings. The quantitative estimate of drug-likeness (QED) is 0.551. The first-order valence-electron chi connectivity index (χ1n) is 10.5. The topological polar surface area (TPSA) is 69.6 Å². The summed E-state index contributed by atoms with van der Waals surface area (Å²) in [4.78, 5) is 26.6. The molecule has 1 aliphatic heterocycles. The van der Waals surface area contributed by atoms with E-state index in [4.69, 9.17) is 11.6 Å². The van der Waals surface area contributed by atoms with Crippen LogP contribution < -0.4 is 5.32 Å². The molecule has 2 atom stereocenters. The number of halogens is 1. The summed E-state index contributed by atoms with van der Waals surface area (Å²) in [5, 5.41) is 12.4. The van der Waals surface area contributed by atoms with Crippen molar-refractivity contribution in [3.05, 3.63) is 99.6 Å². The molecule has 0 aliphatic carbocycles. The van der Waals surface area contributed by atoms with Crippen LogP contribution in [0.15, 0.2) is 66.7 Å². The van der Waals surface area contributed by atoms with Crippen molar-refractivity contribution in [2.24, 2.45) is 0 Å². The molecule has 0 aromatic heterocycles. The third-order valence-corrected chi connectivity index (χ3v) is 6.30. The minimum atomic E-state index is -1.12. The van der Waals surface area contributed by atoms with Crippen LogP contribution in [-0.2, 0) is 11.3 Å². The van der Waals surface area contributed by atoms with Crippen LogP contribution >= 0.6 is 11.6 Å². The van der Waals surface area contributed by atoms with Crippen LogP contribution in [0.25, 0.3) is 0 Å². The molecule has 1 heterocycles. The van der Waals surface area contributed by atoms with E-state index >= 15 is 0 Å². The highest BCUT2D eigenvalue weighted by Gasteiger charge is 2.25. The van der Waals surface area contributed by atoms with Crippen LogP contribution in [0.5, 0.6) is 0 Å². The molecule has 3 aromatic carbocycles. The first-order valence-corrected chi connectivity index (χ1v) is 10.9. The van der Waals surface area contributed by atoms with Gasteiger partial charge in [0.15, 0.2) is 0 Å². The Morgan fingerprint density at radius 1 is 1.09 bits per heavy atom. The summed E-state index contributed by atoms with van der Waals surface area (Å²) in [6.45, 7) is 3.70. The fourth-order valence-electron chi connectivity index (χ4n) is 4.28. The average Bonchev–Trinajstić information content (AvgIpc) is 2.78. The maximum absolute atomic E-state index is 12.8. The molecule has 0 saturated carbocycles. The number of hydrogen-bond acceptors (Lipinski definition) is 3. The number of nitrogens with zero attached hydrogens (tertiary/aromatic N) is 1. The SMILES string of the molecule is C[C@H](C(=O)Nc1cc(Cl)ccc1C(=O)O)c1ccc([C@H]2CN(C)Cc3ccccc32)cc1. The lowest BCUT2D eigenvalue weighted by atomic mass is 9.84. The monoisotopic (exact) mass is 448 g/mol. The van der Waals surface area contributed by atoms with Gasteiger partial charge in [0, 0.05) is 24.0 Å². The van der Waals surface area contributed by atoms with E-state index in [0.29, 0.717) is 5.02 Å². The van der Waals surface area contributed by atoms with Crippen LogP contribution in [-0.4, -0.2) is 35.5 Å². The number of aromatic carboxylic acids is 1. The highest BCUT2D eigenvalue weighted by molar-refractivity contribution is 6.31. The van der Waals surface area contributed by atoms with Crippen molar-refractivity contribution < 1.29 is 14.7 Å². The lowest BCUT2D eigenvalue weighted by Gasteiger charge is -2.32. The van der Waals surface area contributed by atoms with Gasteiger partial charge in [0.1, 0.15) is 0 Å². The number of carbonyl (C=O) groups is 2. The number of hydrogen-bond donors (Lipinski definition) is 2. The Balaban J connectivity index is 1.53. The zero-order valence-corrected chi connectivity index (χ0v) is 18.8. The molecule has 6 heteroatoms. The average molecular weight is 449 g/mol. The highest BCUT2D eigenvalue weighted by atomic mass is 35.5. The van der Waals surface area contributed by atoms with E-state index in [-0.39, 0.29) is 23.1 Å². The Hall–Kier alpha value is -3.15. The summed E-state index contributed by atoms with van der Waals surface area (Å²) in [6.07, 6.45) is 0. The van der Waals surface area contributed by atoms with Crippen LogP contribution in [0, 0.1) is 0 Å². The highest BCUT2D eigenvalue weighted by Crippen LogP contribution is 2.33. The Morgan fingerprint density at radius 2 is 1.81 bits per heavy atom. The molecule has 1 amide bonds. The molecule has 164 valence electrons. The minimum Gasteiger partial charge on any atom is -0.478 e. The molecule has 0 radical (unpaired) electrons. The summed E-state index contributed by atoms with van der Waals surface area (Å²) in [5.74, 6) is -1.57. The smallest absolute Gasteiger partial charge is 0.337 e. The molecule has 4 rings (SSSR count). The number of likely N-dealkylation sites (N-methyl/N-ethyl adjacent to an activating group) is 1. The van der Waals surface area contributed by atoms with Crippen molar-refractivity contribution in [1.82, 2.24) is 4.90 Å². The van der Waals surface area contributed by atoms with Gasteiger partial charge in [0.2, 0.25) is 5.91 Å². The van der Waals surface area contributed by atoms with Crippen molar-refractivity contribution in [3.8, 4) is 0 Å². The van der Waals surface area contributed by atoms with Gasteiger partial charge in [-0.15, -0.1) is 0 Å². The number of carboxylic acids is 1. The lowest BCUT2D eigenvalue weighted by molar-refractivity contribution is -0.117. The molecule has 0 bridgehead atoms. The Labute approximate surface area is 192 Å². The number of fused-ring (bicyclic) bond motifs is 1. The van der Waals surface area contributed by atoms with E-state index in [1.165, 1.54) is 34.9 Å². The second kappa shape index (κ2) is 9.15. The molecular formula is C26H25ClN2O3. The van der Waals surface area contributed by atoms with Gasteiger partial charge in [-0.05, 0) is 54.4 Å². The number of carboxylic acid groups (broad SMARTS) is 1. The standard InChI is InChI=1S/C26H25ClN2O3/c1-16(25(30)28-24-13-20(27)11-12-22(24)26(31)32)17-7-9-18(10-8-17)23-15-29(2)14-19-5-3-4-6-21(19)23/h3-13,16,23H,14-15H2,1-2H3,(H,28,30)(H,31,32)/t16-,23+/m0/s1. The van der Waals surface area contributed by atoms with Gasteiger partial charge < -0.3 is 15.3 Å². The van der Waals surface area contributed by atoms with Crippen LogP contribution in [0.1, 0.15) is 51.4 Å². The zero-order chi connectivity index (χ0) is 22.8. The molecule has 0 unspecified atom stereocenters. The summed E-state index contributed by atoms with van der Waals surface area (Å²) >= 11 is 5.99. The number of anilines is 1. The molecule has 0 saturated heterocycles. The predicted molar refractivity (Wildman–Crippen MR) is 127 cm³/mol. The van der Waals surface area contributed by atoms with E-state index in [9.17, 15) is 14.7 Å². The number of nitrogens with one attached hydrogen (secondary N) is 1. The van der Waals surface area contributed by atoms with Gasteiger partial charge >= 0.3 is 5.97 Å². The zero-order valence-electron chi connectivity index (χ0n) is 18.0. The summed E-state index contributed by atoms with van der Waals surface area (Å²) in [7, 11) is 2.13. The Bertz CT molecular complexity index is 1160. The van der Waals surface area contributed by atoms with Gasteiger partial charge in [0.25, 0.3) is 0 Å². The maximum Gasteiger partial charge on any atom is 0.337 e. The first kappa shape index (κ1) is 22.1. The molecule has 1 aliphatic rings. The number of benzene rings is 3. The molecular weight excluding hydrogens is 424 g/mol. The van der Waals surface area contributed by atoms with Crippen LogP contribution in [0.3, 0.4) is 0 Å². The number of amides is 1. The van der Waals surface area contributed by atoms with Gasteiger partial charge in [-0.25, -0.2) is 4.79 Å². The molecule has 32 heavy (non-hydrogen) atoms.